The summed E-state index contributed by atoms with van der Waals surface area (Å²) in [6, 6.07) is 0.621. The number of hydrogen-bond donors (Lipinski definition) is 1. The highest BCUT2D eigenvalue weighted by Gasteiger charge is 2.27. The third kappa shape index (κ3) is 2.43. The molecular formula is C11H18N2OS. The summed E-state index contributed by atoms with van der Waals surface area (Å²) in [6.07, 6.45) is 3.73. The fraction of sp³-hybridized carbons (Fsp3) is 0.727. The third-order valence-electron chi connectivity index (χ3n) is 2.85. The highest BCUT2D eigenvalue weighted by molar-refractivity contribution is 7.13. The second-order valence-corrected chi connectivity index (χ2v) is 5.44. The van der Waals surface area contributed by atoms with Crippen molar-refractivity contribution in [2.24, 2.45) is 5.92 Å². The van der Waals surface area contributed by atoms with E-state index in [1.807, 2.05) is 0 Å². The molecule has 1 atom stereocenters. The van der Waals surface area contributed by atoms with E-state index in [2.05, 4.69) is 23.7 Å². The van der Waals surface area contributed by atoms with E-state index in [4.69, 9.17) is 0 Å². The Morgan fingerprint density at radius 2 is 2.47 bits per heavy atom. The number of nitrogens with zero attached hydrogens (tertiary/aromatic N) is 2. The van der Waals surface area contributed by atoms with Crippen LogP contribution in [-0.2, 0) is 0 Å². The van der Waals surface area contributed by atoms with Crippen LogP contribution in [0.3, 0.4) is 0 Å². The van der Waals surface area contributed by atoms with E-state index in [-0.39, 0.29) is 5.88 Å². The summed E-state index contributed by atoms with van der Waals surface area (Å²) in [7, 11) is 0. The molecule has 15 heavy (non-hydrogen) atoms. The molecule has 1 aliphatic rings. The van der Waals surface area contributed by atoms with Crippen molar-refractivity contribution in [3.05, 3.63) is 5.38 Å². The van der Waals surface area contributed by atoms with Crippen LogP contribution in [0.1, 0.15) is 33.1 Å². The van der Waals surface area contributed by atoms with Crippen molar-refractivity contribution in [3.8, 4) is 5.88 Å². The summed E-state index contributed by atoms with van der Waals surface area (Å²) in [5, 5.41) is 11.9. The molecule has 1 aliphatic heterocycles. The number of rotatable bonds is 3. The van der Waals surface area contributed by atoms with Crippen molar-refractivity contribution >= 4 is 16.5 Å². The Kier molecular flexibility index (Phi) is 3.14. The molecule has 1 aromatic heterocycles. The van der Waals surface area contributed by atoms with Gasteiger partial charge in [-0.3, -0.25) is 0 Å². The topological polar surface area (TPSA) is 36.4 Å². The molecule has 2 rings (SSSR count). The minimum atomic E-state index is 0.158. The lowest BCUT2D eigenvalue weighted by Gasteiger charge is -2.25. The van der Waals surface area contributed by atoms with Gasteiger partial charge < -0.3 is 10.0 Å². The number of anilines is 1. The van der Waals surface area contributed by atoms with Gasteiger partial charge in [-0.1, -0.05) is 13.8 Å². The Bertz CT molecular complexity index is 324. The van der Waals surface area contributed by atoms with Crippen molar-refractivity contribution in [2.75, 3.05) is 11.4 Å². The predicted octanol–water partition coefficient (Wildman–Crippen LogP) is 2.86. The normalized spacial score (nSPS) is 21.5. The van der Waals surface area contributed by atoms with E-state index in [0.29, 0.717) is 6.04 Å². The molecule has 4 heteroatoms. The molecule has 2 heterocycles. The summed E-state index contributed by atoms with van der Waals surface area (Å²) in [5.74, 6) is 0.884. The molecule has 1 saturated heterocycles. The van der Waals surface area contributed by atoms with Gasteiger partial charge in [-0.15, -0.1) is 11.3 Å². The van der Waals surface area contributed by atoms with E-state index in [0.717, 1.165) is 17.6 Å². The average Bonchev–Trinajstić information content (AvgIpc) is 2.72. The zero-order valence-corrected chi connectivity index (χ0v) is 10.1. The Balaban J connectivity index is 2.07. The molecule has 0 spiro atoms. The first-order chi connectivity index (χ1) is 7.16. The number of aromatic hydroxyl groups is 1. The number of thiazole rings is 1. The Hall–Kier alpha value is -0.770. The van der Waals surface area contributed by atoms with Gasteiger partial charge in [0.2, 0.25) is 5.88 Å². The van der Waals surface area contributed by atoms with Crippen molar-refractivity contribution in [2.45, 2.75) is 39.2 Å². The molecule has 0 radical (unpaired) electrons. The maximum atomic E-state index is 9.25. The van der Waals surface area contributed by atoms with Gasteiger partial charge in [0.15, 0.2) is 5.13 Å². The maximum Gasteiger partial charge on any atom is 0.223 e. The Morgan fingerprint density at radius 1 is 1.67 bits per heavy atom. The fourth-order valence-electron chi connectivity index (χ4n) is 2.26. The van der Waals surface area contributed by atoms with Crippen molar-refractivity contribution < 1.29 is 5.11 Å². The van der Waals surface area contributed by atoms with Crippen LogP contribution in [0.5, 0.6) is 5.88 Å². The zero-order valence-electron chi connectivity index (χ0n) is 9.31. The molecular weight excluding hydrogens is 208 g/mol. The van der Waals surface area contributed by atoms with Crippen LogP contribution in [0, 0.1) is 5.92 Å². The molecule has 1 N–H and O–H groups in total. The van der Waals surface area contributed by atoms with Crippen LogP contribution < -0.4 is 4.90 Å². The molecule has 84 valence electrons. The smallest absolute Gasteiger partial charge is 0.223 e. The average molecular weight is 226 g/mol. The lowest BCUT2D eigenvalue weighted by atomic mass is 10.0. The van der Waals surface area contributed by atoms with Crippen molar-refractivity contribution in [1.82, 2.24) is 4.98 Å². The minimum absolute atomic E-state index is 0.158. The van der Waals surface area contributed by atoms with E-state index >= 15 is 0 Å². The number of hydrogen-bond acceptors (Lipinski definition) is 4. The molecule has 3 nitrogen and oxygen atoms in total. The second-order valence-electron chi connectivity index (χ2n) is 4.61. The monoisotopic (exact) mass is 226 g/mol. The summed E-state index contributed by atoms with van der Waals surface area (Å²) in [4.78, 5) is 6.50. The third-order valence-corrected chi connectivity index (χ3v) is 3.71. The number of aromatic nitrogens is 1. The van der Waals surface area contributed by atoms with E-state index in [1.54, 1.807) is 16.7 Å². The largest absolute Gasteiger partial charge is 0.493 e. The fourth-order valence-corrected chi connectivity index (χ4v) is 3.05. The molecule has 1 aromatic rings. The summed E-state index contributed by atoms with van der Waals surface area (Å²) >= 11 is 1.54. The predicted molar refractivity (Wildman–Crippen MR) is 63.6 cm³/mol. The quantitative estimate of drug-likeness (QED) is 0.861. The summed E-state index contributed by atoms with van der Waals surface area (Å²) < 4.78 is 0. The summed E-state index contributed by atoms with van der Waals surface area (Å²) in [5.41, 5.74) is 0. The van der Waals surface area contributed by atoms with Crippen LogP contribution in [0.25, 0.3) is 0 Å². The minimum Gasteiger partial charge on any atom is -0.493 e. The van der Waals surface area contributed by atoms with Gasteiger partial charge in [0.05, 0.1) is 5.38 Å². The highest BCUT2D eigenvalue weighted by atomic mass is 32.1. The first-order valence-corrected chi connectivity index (χ1v) is 6.46. The van der Waals surface area contributed by atoms with Gasteiger partial charge in [0, 0.05) is 12.6 Å². The van der Waals surface area contributed by atoms with Crippen LogP contribution in [0.2, 0.25) is 0 Å². The second kappa shape index (κ2) is 4.39. The van der Waals surface area contributed by atoms with E-state index in [9.17, 15) is 5.11 Å². The SMILES string of the molecule is CC(C)CC1CCCN1c1nc(O)cs1. The lowest BCUT2D eigenvalue weighted by molar-refractivity contribution is 0.455. The molecule has 0 aromatic carbocycles. The van der Waals surface area contributed by atoms with E-state index < -0.39 is 0 Å². The first-order valence-electron chi connectivity index (χ1n) is 5.58. The maximum absolute atomic E-state index is 9.25. The molecule has 0 amide bonds. The lowest BCUT2D eigenvalue weighted by Crippen LogP contribution is -2.30. The molecule has 1 fully saturated rings. The zero-order chi connectivity index (χ0) is 10.8. The molecule has 0 aliphatic carbocycles. The standard InChI is InChI=1S/C11H18N2OS/c1-8(2)6-9-4-3-5-13(9)11-12-10(14)7-15-11/h7-9,14H,3-6H2,1-2H3. The van der Waals surface area contributed by atoms with Gasteiger partial charge >= 0.3 is 0 Å². The van der Waals surface area contributed by atoms with Gasteiger partial charge in [-0.05, 0) is 25.2 Å². The van der Waals surface area contributed by atoms with Crippen LogP contribution in [0.15, 0.2) is 5.38 Å². The van der Waals surface area contributed by atoms with Gasteiger partial charge in [-0.25, -0.2) is 0 Å². The van der Waals surface area contributed by atoms with Crippen LogP contribution in [0.4, 0.5) is 5.13 Å². The van der Waals surface area contributed by atoms with E-state index in [1.165, 1.54) is 19.3 Å². The van der Waals surface area contributed by atoms with Crippen molar-refractivity contribution in [3.63, 3.8) is 0 Å². The van der Waals surface area contributed by atoms with Crippen LogP contribution >= 0.6 is 11.3 Å². The highest BCUT2D eigenvalue weighted by Crippen LogP contribution is 2.32. The van der Waals surface area contributed by atoms with Gasteiger partial charge in [0.25, 0.3) is 0 Å². The molecule has 0 saturated carbocycles. The Morgan fingerprint density at radius 3 is 3.07 bits per heavy atom. The van der Waals surface area contributed by atoms with Gasteiger partial charge in [0.1, 0.15) is 0 Å². The first kappa shape index (κ1) is 10.7. The Labute approximate surface area is 94.8 Å². The van der Waals surface area contributed by atoms with Crippen LogP contribution in [-0.4, -0.2) is 22.7 Å². The molecule has 0 bridgehead atoms. The summed E-state index contributed by atoms with van der Waals surface area (Å²) in [6.45, 7) is 5.61. The molecule has 1 unspecified atom stereocenters. The van der Waals surface area contributed by atoms with Crippen molar-refractivity contribution in [1.29, 1.82) is 0 Å². The van der Waals surface area contributed by atoms with Gasteiger partial charge in [-0.2, -0.15) is 4.98 Å².